The lowest BCUT2D eigenvalue weighted by molar-refractivity contribution is -0.126. The monoisotopic (exact) mass is 610 g/mol. The first-order valence-electron chi connectivity index (χ1n) is 13.1. The first-order valence-corrected chi connectivity index (χ1v) is 13.9. The number of carbonyl (C=O) groups is 2. The first kappa shape index (κ1) is 29.2. The second-order valence-corrected chi connectivity index (χ2v) is 10.4. The number of benzene rings is 1. The summed E-state index contributed by atoms with van der Waals surface area (Å²) in [5.74, 6) is 0.519. The number of hydrogen-bond donors (Lipinski definition) is 4. The van der Waals surface area contributed by atoms with E-state index in [1.807, 2.05) is 19.1 Å². The molecule has 0 bridgehead atoms. The molecular formula is C27H28Cl2N10O3. The summed E-state index contributed by atoms with van der Waals surface area (Å²) in [6.07, 6.45) is 3.00. The lowest BCUT2D eigenvalue weighted by atomic mass is 10.0. The number of rotatable bonds is 10. The maximum atomic E-state index is 13.5. The van der Waals surface area contributed by atoms with Gasteiger partial charge in [-0.2, -0.15) is 9.90 Å². The van der Waals surface area contributed by atoms with Crippen LogP contribution in [0.2, 0.25) is 10.0 Å². The van der Waals surface area contributed by atoms with Crippen molar-refractivity contribution in [1.82, 2.24) is 40.2 Å². The molecular weight excluding hydrogens is 583 g/mol. The highest BCUT2D eigenvalue weighted by Gasteiger charge is 2.35. The molecule has 13 nitrogen and oxygen atoms in total. The number of amides is 2. The smallest absolute Gasteiger partial charge is 0.255 e. The van der Waals surface area contributed by atoms with E-state index in [1.54, 1.807) is 32.2 Å². The molecule has 1 aliphatic heterocycles. The van der Waals surface area contributed by atoms with Gasteiger partial charge in [0.25, 0.3) is 5.91 Å². The van der Waals surface area contributed by atoms with Gasteiger partial charge in [0.2, 0.25) is 11.9 Å². The second-order valence-electron chi connectivity index (χ2n) is 9.55. The van der Waals surface area contributed by atoms with E-state index in [0.717, 1.165) is 5.56 Å². The third kappa shape index (κ3) is 5.98. The fourth-order valence-corrected chi connectivity index (χ4v) is 4.98. The van der Waals surface area contributed by atoms with Gasteiger partial charge in [0, 0.05) is 31.3 Å². The predicted molar refractivity (Wildman–Crippen MR) is 157 cm³/mol. The summed E-state index contributed by atoms with van der Waals surface area (Å²) in [7, 11) is 1.69. The van der Waals surface area contributed by atoms with Gasteiger partial charge in [0.05, 0.1) is 46.5 Å². The summed E-state index contributed by atoms with van der Waals surface area (Å²) in [5.41, 5.74) is 2.55. The molecule has 2 atom stereocenters. The van der Waals surface area contributed by atoms with E-state index in [0.29, 0.717) is 50.7 Å². The highest BCUT2D eigenvalue weighted by molar-refractivity contribution is 6.33. The van der Waals surface area contributed by atoms with E-state index in [-0.39, 0.29) is 18.4 Å². The maximum absolute atomic E-state index is 13.5. The average molecular weight is 611 g/mol. The summed E-state index contributed by atoms with van der Waals surface area (Å²) in [6.45, 7) is 4.01. The van der Waals surface area contributed by atoms with Crippen molar-refractivity contribution in [2.24, 2.45) is 7.05 Å². The van der Waals surface area contributed by atoms with Crippen LogP contribution in [0.25, 0.3) is 11.3 Å². The van der Waals surface area contributed by atoms with Crippen LogP contribution in [0.1, 0.15) is 41.5 Å². The summed E-state index contributed by atoms with van der Waals surface area (Å²) < 4.78 is 0. The molecule has 0 radical (unpaired) electrons. The third-order valence-electron chi connectivity index (χ3n) is 6.71. The second kappa shape index (κ2) is 12.3. The highest BCUT2D eigenvalue weighted by atomic mass is 35.5. The number of aliphatic hydroxyl groups is 1. The minimum Gasteiger partial charge on any atom is -0.394 e. The topological polar surface area (TPSA) is 163 Å². The molecule has 0 saturated heterocycles. The first-order chi connectivity index (χ1) is 20.2. The van der Waals surface area contributed by atoms with Crippen LogP contribution >= 0.6 is 23.2 Å². The van der Waals surface area contributed by atoms with Gasteiger partial charge in [0.1, 0.15) is 11.9 Å². The number of nitrogens with one attached hydrogen (secondary N) is 3. The number of aromatic nitrogens is 6. The zero-order chi connectivity index (χ0) is 30.0. The highest BCUT2D eigenvalue weighted by Crippen LogP contribution is 2.33. The normalized spacial score (nSPS) is 14.0. The van der Waals surface area contributed by atoms with Crippen molar-refractivity contribution in [2.75, 3.05) is 23.8 Å². The molecule has 4 N–H and O–H groups in total. The molecule has 1 aromatic carbocycles. The van der Waals surface area contributed by atoms with E-state index in [9.17, 15) is 14.7 Å². The number of aliphatic hydroxyl groups excluding tert-OH is 1. The number of aryl methyl sites for hydroxylation is 1. The molecule has 15 heteroatoms. The number of carbonyl (C=O) groups excluding carboxylic acids is 2. The van der Waals surface area contributed by atoms with E-state index in [2.05, 4.69) is 41.1 Å². The van der Waals surface area contributed by atoms with Crippen LogP contribution in [0.15, 0.2) is 42.7 Å². The third-order valence-corrected chi connectivity index (χ3v) is 7.30. The molecule has 1 aliphatic rings. The van der Waals surface area contributed by atoms with Crippen LogP contribution in [-0.2, 0) is 18.4 Å². The number of halogens is 2. The molecule has 42 heavy (non-hydrogen) atoms. The summed E-state index contributed by atoms with van der Waals surface area (Å²) in [5, 5.41) is 27.6. The van der Waals surface area contributed by atoms with Gasteiger partial charge in [-0.3, -0.25) is 9.59 Å². The van der Waals surface area contributed by atoms with Crippen molar-refractivity contribution >= 4 is 52.6 Å². The van der Waals surface area contributed by atoms with Crippen LogP contribution in [0, 0.1) is 0 Å². The fourth-order valence-electron chi connectivity index (χ4n) is 4.55. The molecule has 0 fully saturated rings. The predicted octanol–water partition coefficient (Wildman–Crippen LogP) is 3.34. The molecule has 4 aromatic rings. The number of nitrogens with zero attached hydrogens (tertiary/aromatic N) is 7. The lowest BCUT2D eigenvalue weighted by Gasteiger charge is -2.26. The van der Waals surface area contributed by atoms with Gasteiger partial charge in [-0.15, -0.1) is 5.10 Å². The zero-order valence-corrected chi connectivity index (χ0v) is 24.5. The molecule has 0 spiro atoms. The van der Waals surface area contributed by atoms with E-state index in [1.165, 1.54) is 22.1 Å². The van der Waals surface area contributed by atoms with E-state index < -0.39 is 24.6 Å². The Labute approximate surface area is 251 Å². The van der Waals surface area contributed by atoms with Crippen LogP contribution in [0.5, 0.6) is 0 Å². The number of anilines is 3. The zero-order valence-electron chi connectivity index (χ0n) is 23.0. The van der Waals surface area contributed by atoms with Gasteiger partial charge in [-0.05, 0) is 37.6 Å². The average Bonchev–Trinajstić information content (AvgIpc) is 3.55. The molecule has 2 amide bonds. The standard InChI is InChI=1S/C27H28Cl2N10O3/c1-4-30-21-8-7-18(28)24(34-21)20(13-40)33-25(41)14(2)39-12-16-6-5-15(9-17(16)26(39)42)23-19(29)10-31-27(36-23)35-22-11-32-38(3)37-22/h5-11,14,20,40H,4,12-13H2,1-3H3,(H,30,34)(H,33,41)(H,31,35,36,37). The van der Waals surface area contributed by atoms with E-state index in [4.69, 9.17) is 23.2 Å². The quantitative estimate of drug-likeness (QED) is 0.209. The van der Waals surface area contributed by atoms with Crippen LogP contribution in [-0.4, -0.2) is 71.0 Å². The summed E-state index contributed by atoms with van der Waals surface area (Å²) in [6, 6.07) is 6.99. The Morgan fingerprint density at radius 1 is 1.12 bits per heavy atom. The largest absolute Gasteiger partial charge is 0.394 e. The van der Waals surface area contributed by atoms with Gasteiger partial charge in [-0.25, -0.2) is 15.0 Å². The Morgan fingerprint density at radius 2 is 1.93 bits per heavy atom. The Bertz CT molecular complexity index is 1650. The Morgan fingerprint density at radius 3 is 2.64 bits per heavy atom. The fraction of sp³-hybridized carbons (Fsp3) is 0.296. The number of pyridine rings is 1. The Hall–Kier alpha value is -4.33. The van der Waals surface area contributed by atoms with Crippen molar-refractivity contribution in [1.29, 1.82) is 0 Å². The molecule has 218 valence electrons. The molecule has 0 saturated carbocycles. The van der Waals surface area contributed by atoms with Crippen molar-refractivity contribution in [3.63, 3.8) is 0 Å². The van der Waals surface area contributed by atoms with Crippen LogP contribution in [0.4, 0.5) is 17.6 Å². The van der Waals surface area contributed by atoms with Gasteiger partial charge in [-0.1, -0.05) is 35.3 Å². The van der Waals surface area contributed by atoms with Crippen molar-refractivity contribution in [2.45, 2.75) is 32.5 Å². The van der Waals surface area contributed by atoms with Crippen molar-refractivity contribution < 1.29 is 14.7 Å². The lowest BCUT2D eigenvalue weighted by Crippen LogP contribution is -2.47. The van der Waals surface area contributed by atoms with Gasteiger partial charge < -0.3 is 26.0 Å². The molecule has 2 unspecified atom stereocenters. The molecule has 4 heterocycles. The van der Waals surface area contributed by atoms with E-state index >= 15 is 0 Å². The SMILES string of the molecule is CCNc1ccc(Cl)c(C(CO)NC(=O)C(C)N2Cc3ccc(-c4nc(Nc5cnn(C)n5)ncc4Cl)cc3C2=O)n1. The number of fused-ring (bicyclic) bond motifs is 1. The minimum atomic E-state index is -0.859. The van der Waals surface area contributed by atoms with Gasteiger partial charge >= 0.3 is 0 Å². The Kier molecular flexibility index (Phi) is 8.52. The van der Waals surface area contributed by atoms with Gasteiger partial charge in [0.15, 0.2) is 5.82 Å². The summed E-state index contributed by atoms with van der Waals surface area (Å²) in [4.78, 5) is 42.7. The van der Waals surface area contributed by atoms with Crippen LogP contribution in [0.3, 0.4) is 0 Å². The molecule has 5 rings (SSSR count). The molecule has 3 aromatic heterocycles. The summed E-state index contributed by atoms with van der Waals surface area (Å²) >= 11 is 12.8. The van der Waals surface area contributed by atoms with Crippen molar-refractivity contribution in [3.05, 3.63) is 69.6 Å². The number of hydrogen-bond acceptors (Lipinski definition) is 10. The Balaban J connectivity index is 1.32. The molecule has 0 aliphatic carbocycles. The van der Waals surface area contributed by atoms with Crippen molar-refractivity contribution in [3.8, 4) is 11.3 Å². The maximum Gasteiger partial charge on any atom is 0.255 e. The van der Waals surface area contributed by atoms with Crippen LogP contribution < -0.4 is 16.0 Å². The minimum absolute atomic E-state index is 0.235.